The van der Waals surface area contributed by atoms with Crippen LogP contribution in [0.3, 0.4) is 0 Å². The van der Waals surface area contributed by atoms with Crippen molar-refractivity contribution >= 4 is 39.1 Å². The van der Waals surface area contributed by atoms with Crippen molar-refractivity contribution in [3.63, 3.8) is 0 Å². The van der Waals surface area contributed by atoms with Crippen molar-refractivity contribution in [2.75, 3.05) is 38.1 Å². The van der Waals surface area contributed by atoms with E-state index < -0.39 is 11.2 Å². The number of aryl methyl sites for hydroxylation is 1. The van der Waals surface area contributed by atoms with Gasteiger partial charge in [0.25, 0.3) is 0 Å². The molecule has 0 aromatic heterocycles. The fraction of sp³-hybridized carbons (Fsp3) is 0.308. The van der Waals surface area contributed by atoms with Crippen molar-refractivity contribution < 1.29 is 10.2 Å². The van der Waals surface area contributed by atoms with Gasteiger partial charge in [0.15, 0.2) is 0 Å². The first kappa shape index (κ1) is 44.8. The molecule has 0 radical (unpaired) electrons. The Balaban J connectivity index is 0.000000168. The molecule has 59 heavy (non-hydrogen) atoms. The van der Waals surface area contributed by atoms with E-state index in [1.165, 1.54) is 11.1 Å². The van der Waals surface area contributed by atoms with Crippen LogP contribution in [-0.4, -0.2) is 53.2 Å². The molecule has 2 aliphatic rings. The Labute approximate surface area is 370 Å². The summed E-state index contributed by atoms with van der Waals surface area (Å²) in [4.78, 5) is 2.52. The maximum Gasteiger partial charge on any atom is 0.117 e. The van der Waals surface area contributed by atoms with Crippen molar-refractivity contribution in [2.45, 2.75) is 49.7 Å². The summed E-state index contributed by atoms with van der Waals surface area (Å²) < 4.78 is 0. The summed E-state index contributed by atoms with van der Waals surface area (Å²) in [7, 11) is 0. The van der Waals surface area contributed by atoms with E-state index in [0.717, 1.165) is 109 Å². The number of hydrogen-bond donors (Lipinski definition) is 3. The van der Waals surface area contributed by atoms with Crippen LogP contribution in [0.15, 0.2) is 170 Å². The summed E-state index contributed by atoms with van der Waals surface area (Å²) in [5.74, 6) is 0.465. The van der Waals surface area contributed by atoms with Gasteiger partial charge < -0.3 is 20.4 Å². The van der Waals surface area contributed by atoms with Gasteiger partial charge >= 0.3 is 0 Å². The van der Waals surface area contributed by atoms with Crippen LogP contribution in [0, 0.1) is 11.8 Å². The van der Waals surface area contributed by atoms with E-state index in [4.69, 9.17) is 23.2 Å². The van der Waals surface area contributed by atoms with Crippen molar-refractivity contribution in [3.05, 3.63) is 213 Å². The summed E-state index contributed by atoms with van der Waals surface area (Å²) in [5.41, 5.74) is 4.80. The Morgan fingerprint density at radius 3 is 1.19 bits per heavy atom. The molecule has 2 aliphatic heterocycles. The van der Waals surface area contributed by atoms with Crippen LogP contribution < -0.4 is 5.32 Å². The number of hydrogen-bond acceptors (Lipinski definition) is 4. The normalized spacial score (nSPS) is 15.3. The fourth-order valence-corrected chi connectivity index (χ4v) is 9.27. The Bertz CT molecular complexity index is 1980. The van der Waals surface area contributed by atoms with E-state index in [-0.39, 0.29) is 11.8 Å². The zero-order chi connectivity index (χ0) is 41.3. The predicted octanol–water partition coefficient (Wildman–Crippen LogP) is 11.7. The number of rotatable bonds is 11. The lowest BCUT2D eigenvalue weighted by Gasteiger charge is -2.42. The van der Waals surface area contributed by atoms with Crippen molar-refractivity contribution in [1.82, 2.24) is 10.2 Å². The maximum atomic E-state index is 12.0. The average Bonchev–Trinajstić information content (AvgIpc) is 3.31. The average molecular weight is 893 g/mol. The van der Waals surface area contributed by atoms with E-state index >= 15 is 0 Å². The van der Waals surface area contributed by atoms with Crippen LogP contribution in [0.25, 0.3) is 0 Å². The number of nitrogens with zero attached hydrogens (tertiary/aromatic N) is 1. The quantitative estimate of drug-likeness (QED) is 0.113. The molecule has 2 fully saturated rings. The molecule has 3 N–H and O–H groups in total. The molecule has 0 atom stereocenters. The standard InChI is InChI=1S/C26H28ClNO.C18H21NO.C8H8BrCl/c27-25-13-11-21(12-14-25)15-18-28-19-16-24(17-20-28)26(29,22-7-3-1-4-8-22)23-9-5-2-6-10-23;20-18(15-7-3-1-4-8-15,16-9-5-2-6-10-16)17-11-13-19-14-12-17;9-6-5-7-1-3-8(10)4-2-7/h1-14,24,29H,15-20H2;1-10,17,19-20H,11-14H2;1-4H,5-6H2. The zero-order valence-corrected chi connectivity index (χ0v) is 36.9. The molecule has 0 amide bonds. The molecule has 4 nitrogen and oxygen atoms in total. The molecule has 0 aliphatic carbocycles. The van der Waals surface area contributed by atoms with Gasteiger partial charge in [-0.2, -0.15) is 0 Å². The highest BCUT2D eigenvalue weighted by Gasteiger charge is 2.42. The SMILES string of the molecule is Clc1ccc(CCBr)cc1.OC(c1ccccc1)(c1ccccc1)C1CCN(CCc2ccc(Cl)cc2)CC1.OC(c1ccccc1)(c1ccccc1)C1CCNCC1. The van der Waals surface area contributed by atoms with Crippen LogP contribution in [0.4, 0.5) is 0 Å². The molecule has 2 saturated heterocycles. The number of likely N-dealkylation sites (tertiary alicyclic amines) is 1. The fourth-order valence-electron chi connectivity index (χ4n) is 8.56. The zero-order valence-electron chi connectivity index (χ0n) is 33.8. The lowest BCUT2D eigenvalue weighted by molar-refractivity contribution is -0.0140. The molecule has 8 rings (SSSR count). The second-order valence-corrected chi connectivity index (χ2v) is 17.2. The smallest absolute Gasteiger partial charge is 0.117 e. The Kier molecular flexibility index (Phi) is 17.2. The molecule has 0 unspecified atom stereocenters. The Morgan fingerprint density at radius 2 is 0.831 bits per heavy atom. The maximum absolute atomic E-state index is 12.0. The van der Waals surface area contributed by atoms with Crippen molar-refractivity contribution in [1.29, 1.82) is 0 Å². The first-order valence-corrected chi connectivity index (χ1v) is 22.8. The van der Waals surface area contributed by atoms with Gasteiger partial charge in [0.05, 0.1) is 0 Å². The minimum atomic E-state index is -0.940. The van der Waals surface area contributed by atoms with E-state index in [1.54, 1.807) is 0 Å². The van der Waals surface area contributed by atoms with E-state index in [2.05, 4.69) is 62.5 Å². The number of halogens is 3. The van der Waals surface area contributed by atoms with Crippen molar-refractivity contribution in [3.8, 4) is 0 Å². The van der Waals surface area contributed by atoms with Gasteiger partial charge in [0, 0.05) is 21.9 Å². The van der Waals surface area contributed by atoms with Gasteiger partial charge in [-0.3, -0.25) is 0 Å². The number of nitrogens with one attached hydrogen (secondary N) is 1. The highest BCUT2D eigenvalue weighted by Crippen LogP contribution is 2.42. The number of alkyl halides is 1. The minimum Gasteiger partial charge on any atom is -0.380 e. The van der Waals surface area contributed by atoms with Gasteiger partial charge in [-0.1, -0.05) is 185 Å². The third-order valence-corrected chi connectivity index (χ3v) is 12.8. The lowest BCUT2D eigenvalue weighted by Crippen LogP contribution is -2.44. The van der Waals surface area contributed by atoms with Crippen LogP contribution >= 0.6 is 39.1 Å². The van der Waals surface area contributed by atoms with Gasteiger partial charge in [-0.25, -0.2) is 0 Å². The highest BCUT2D eigenvalue weighted by molar-refractivity contribution is 9.09. The van der Waals surface area contributed by atoms with Crippen molar-refractivity contribution in [2.24, 2.45) is 11.8 Å². The van der Waals surface area contributed by atoms with E-state index in [1.807, 2.05) is 133 Å². The summed E-state index contributed by atoms with van der Waals surface area (Å²) >= 11 is 15.1. The van der Waals surface area contributed by atoms with Gasteiger partial charge in [-0.15, -0.1) is 0 Å². The second kappa shape index (κ2) is 22.7. The van der Waals surface area contributed by atoms with Crippen LogP contribution in [-0.2, 0) is 24.0 Å². The molecule has 2 heterocycles. The topological polar surface area (TPSA) is 55.7 Å². The van der Waals surface area contributed by atoms with Crippen LogP contribution in [0.1, 0.15) is 59.1 Å². The number of piperidine rings is 2. The first-order valence-electron chi connectivity index (χ1n) is 21.0. The first-order chi connectivity index (χ1) is 28.8. The second-order valence-electron chi connectivity index (χ2n) is 15.6. The monoisotopic (exact) mass is 890 g/mol. The van der Waals surface area contributed by atoms with E-state index in [0.29, 0.717) is 0 Å². The summed E-state index contributed by atoms with van der Waals surface area (Å²) in [5, 5.41) is 29.5. The molecule has 6 aromatic carbocycles. The third-order valence-electron chi connectivity index (χ3n) is 11.9. The summed E-state index contributed by atoms with van der Waals surface area (Å²) in [6, 6.07) is 56.5. The van der Waals surface area contributed by atoms with Gasteiger partial charge in [0.1, 0.15) is 11.2 Å². The largest absolute Gasteiger partial charge is 0.380 e. The molecule has 0 bridgehead atoms. The van der Waals surface area contributed by atoms with Gasteiger partial charge in [-0.05, 0) is 134 Å². The Morgan fingerprint density at radius 1 is 0.492 bits per heavy atom. The number of aliphatic hydroxyl groups is 2. The van der Waals surface area contributed by atoms with Crippen LogP contribution in [0.2, 0.25) is 10.0 Å². The summed E-state index contributed by atoms with van der Waals surface area (Å²) in [6.07, 6.45) is 6.07. The molecule has 308 valence electrons. The Hall–Kier alpha value is -3.78. The minimum absolute atomic E-state index is 0.207. The molecule has 7 heteroatoms. The molecular weight excluding hydrogens is 835 g/mol. The predicted molar refractivity (Wildman–Crippen MR) is 251 cm³/mol. The van der Waals surface area contributed by atoms with E-state index in [9.17, 15) is 10.2 Å². The summed E-state index contributed by atoms with van der Waals surface area (Å²) in [6.45, 7) is 5.03. The molecule has 6 aromatic rings. The lowest BCUT2D eigenvalue weighted by atomic mass is 9.72. The third kappa shape index (κ3) is 12.2. The van der Waals surface area contributed by atoms with Crippen LogP contribution in [0.5, 0.6) is 0 Å². The molecule has 0 spiro atoms. The highest BCUT2D eigenvalue weighted by atomic mass is 79.9. The molecular formula is C52H57BrCl2N2O2. The molecule has 0 saturated carbocycles. The van der Waals surface area contributed by atoms with Gasteiger partial charge in [0.2, 0.25) is 0 Å². The number of benzene rings is 6.